The van der Waals surface area contributed by atoms with Crippen molar-refractivity contribution in [2.45, 2.75) is 13.0 Å². The van der Waals surface area contributed by atoms with Gasteiger partial charge in [-0.2, -0.15) is 0 Å². The van der Waals surface area contributed by atoms with Gasteiger partial charge in [0.05, 0.1) is 22.6 Å². The van der Waals surface area contributed by atoms with Gasteiger partial charge in [0.2, 0.25) is 5.95 Å². The Bertz CT molecular complexity index is 1340. The molecule has 2 heterocycles. The molecule has 4 aromatic rings. The monoisotopic (exact) mass is 448 g/mol. The number of carbonyl (C=O) groups excluding carboxylic acids is 1. The zero-order chi connectivity index (χ0) is 21.5. The lowest BCUT2D eigenvalue weighted by Crippen LogP contribution is -2.31. The second kappa shape index (κ2) is 7.76. The number of rotatable bonds is 3. The fourth-order valence-corrected chi connectivity index (χ4v) is 4.51. The average Bonchev–Trinajstić information content (AvgIpc) is 3.11. The van der Waals surface area contributed by atoms with Crippen LogP contribution in [0, 0.1) is 0 Å². The van der Waals surface area contributed by atoms with E-state index in [9.17, 15) is 4.79 Å². The zero-order valence-corrected chi connectivity index (χ0v) is 18.1. The molecule has 0 aliphatic carbocycles. The van der Waals surface area contributed by atoms with Crippen LogP contribution in [-0.2, 0) is 4.79 Å². The predicted octanol–water partition coefficient (Wildman–Crippen LogP) is 6.27. The SMILES string of the molecule is CC1=C(C(=O)Nc2ccccc2)[C@@H](c2ccc(Cl)cc2Cl)n2c(nc3ccccc32)N1. The summed E-state index contributed by atoms with van der Waals surface area (Å²) in [7, 11) is 0. The summed E-state index contributed by atoms with van der Waals surface area (Å²) < 4.78 is 2.01. The topological polar surface area (TPSA) is 59.0 Å². The van der Waals surface area contributed by atoms with E-state index in [1.54, 1.807) is 12.1 Å². The van der Waals surface area contributed by atoms with Crippen molar-refractivity contribution in [3.63, 3.8) is 0 Å². The van der Waals surface area contributed by atoms with Crippen LogP contribution in [0.2, 0.25) is 10.0 Å². The Hall–Kier alpha value is -3.28. The molecule has 0 saturated carbocycles. The molecule has 0 radical (unpaired) electrons. The van der Waals surface area contributed by atoms with Crippen LogP contribution in [-0.4, -0.2) is 15.5 Å². The molecule has 1 aliphatic rings. The van der Waals surface area contributed by atoms with Gasteiger partial charge in [0, 0.05) is 21.4 Å². The van der Waals surface area contributed by atoms with E-state index in [1.807, 2.05) is 72.2 Å². The number of nitrogens with zero attached hydrogens (tertiary/aromatic N) is 2. The lowest BCUT2D eigenvalue weighted by molar-refractivity contribution is -0.113. The van der Waals surface area contributed by atoms with Crippen LogP contribution in [0.5, 0.6) is 0 Å². The zero-order valence-electron chi connectivity index (χ0n) is 16.6. The van der Waals surface area contributed by atoms with E-state index in [1.165, 1.54) is 0 Å². The lowest BCUT2D eigenvalue weighted by Gasteiger charge is -2.31. The molecule has 0 spiro atoms. The van der Waals surface area contributed by atoms with Gasteiger partial charge in [-0.15, -0.1) is 0 Å². The first kappa shape index (κ1) is 19.7. The van der Waals surface area contributed by atoms with E-state index in [-0.39, 0.29) is 5.91 Å². The molecule has 5 nitrogen and oxygen atoms in total. The quantitative estimate of drug-likeness (QED) is 0.388. The molecule has 1 aliphatic heterocycles. The Labute approximate surface area is 189 Å². The first-order valence-corrected chi connectivity index (χ1v) is 10.5. The maximum Gasteiger partial charge on any atom is 0.255 e. The minimum atomic E-state index is -0.475. The highest BCUT2D eigenvalue weighted by molar-refractivity contribution is 6.35. The molecule has 0 fully saturated rings. The van der Waals surface area contributed by atoms with Crippen molar-refractivity contribution in [3.05, 3.63) is 99.7 Å². The average molecular weight is 449 g/mol. The van der Waals surface area contributed by atoms with Gasteiger partial charge in [0.1, 0.15) is 0 Å². The minimum absolute atomic E-state index is 0.212. The van der Waals surface area contributed by atoms with E-state index < -0.39 is 6.04 Å². The standard InChI is InChI=1S/C24H18Cl2N4O/c1-14-21(23(31)28-16-7-3-2-4-8-16)22(17-12-11-15(25)13-18(17)26)30-20-10-6-5-9-19(20)29-24(30)27-14/h2-13,22H,1H3,(H,27,29)(H,28,31)/t22-/m1/s1. The Kier molecular flexibility index (Phi) is 4.93. The summed E-state index contributed by atoms with van der Waals surface area (Å²) in [4.78, 5) is 18.2. The van der Waals surface area contributed by atoms with E-state index in [0.717, 1.165) is 22.3 Å². The van der Waals surface area contributed by atoms with Gasteiger partial charge in [0.15, 0.2) is 0 Å². The van der Waals surface area contributed by atoms with Crippen LogP contribution in [0.3, 0.4) is 0 Å². The Morgan fingerprint density at radius 1 is 1.03 bits per heavy atom. The first-order valence-electron chi connectivity index (χ1n) is 9.79. The van der Waals surface area contributed by atoms with Gasteiger partial charge in [-0.1, -0.05) is 59.6 Å². The van der Waals surface area contributed by atoms with Crippen LogP contribution in [0.25, 0.3) is 11.0 Å². The highest BCUT2D eigenvalue weighted by Gasteiger charge is 2.35. The number of benzene rings is 3. The van der Waals surface area contributed by atoms with Crippen molar-refractivity contribution in [1.82, 2.24) is 9.55 Å². The van der Waals surface area contributed by atoms with Gasteiger partial charge >= 0.3 is 0 Å². The van der Waals surface area contributed by atoms with Gasteiger partial charge < -0.3 is 10.6 Å². The number of nitrogens with one attached hydrogen (secondary N) is 2. The number of amides is 1. The second-order valence-electron chi connectivity index (χ2n) is 7.35. The van der Waals surface area contributed by atoms with Gasteiger partial charge in [-0.3, -0.25) is 9.36 Å². The lowest BCUT2D eigenvalue weighted by atomic mass is 9.94. The predicted molar refractivity (Wildman–Crippen MR) is 126 cm³/mol. The third-order valence-corrected chi connectivity index (χ3v) is 5.93. The number of para-hydroxylation sites is 3. The van der Waals surface area contributed by atoms with Crippen molar-refractivity contribution in [2.24, 2.45) is 0 Å². The molecule has 1 atom stereocenters. The van der Waals surface area contributed by atoms with Crippen LogP contribution in [0.4, 0.5) is 11.6 Å². The number of anilines is 2. The van der Waals surface area contributed by atoms with E-state index in [2.05, 4.69) is 10.6 Å². The maximum atomic E-state index is 13.5. The molecule has 5 rings (SSSR count). The molecule has 0 unspecified atom stereocenters. The van der Waals surface area contributed by atoms with Crippen LogP contribution in [0.1, 0.15) is 18.5 Å². The molecule has 3 aromatic carbocycles. The molecule has 1 amide bonds. The molecule has 1 aromatic heterocycles. The fourth-order valence-electron chi connectivity index (χ4n) is 4.00. The van der Waals surface area contributed by atoms with Gasteiger partial charge in [-0.25, -0.2) is 4.98 Å². The Morgan fingerprint density at radius 3 is 2.55 bits per heavy atom. The molecule has 2 N–H and O–H groups in total. The van der Waals surface area contributed by atoms with E-state index >= 15 is 0 Å². The third kappa shape index (κ3) is 3.46. The van der Waals surface area contributed by atoms with Crippen molar-refractivity contribution in [1.29, 1.82) is 0 Å². The van der Waals surface area contributed by atoms with Gasteiger partial charge in [-0.05, 0) is 48.9 Å². The Balaban J connectivity index is 1.71. The van der Waals surface area contributed by atoms with Crippen molar-refractivity contribution in [3.8, 4) is 0 Å². The smallest absolute Gasteiger partial charge is 0.255 e. The highest BCUT2D eigenvalue weighted by atomic mass is 35.5. The van der Waals surface area contributed by atoms with Crippen molar-refractivity contribution >= 4 is 51.8 Å². The largest absolute Gasteiger partial charge is 0.329 e. The molecule has 154 valence electrons. The normalized spacial score (nSPS) is 15.5. The summed E-state index contributed by atoms with van der Waals surface area (Å²) in [6.07, 6.45) is 0. The molecule has 0 saturated heterocycles. The van der Waals surface area contributed by atoms with Crippen LogP contribution >= 0.6 is 23.2 Å². The highest BCUT2D eigenvalue weighted by Crippen LogP contribution is 2.42. The molecule has 31 heavy (non-hydrogen) atoms. The number of fused-ring (bicyclic) bond motifs is 3. The van der Waals surface area contributed by atoms with E-state index in [4.69, 9.17) is 28.2 Å². The van der Waals surface area contributed by atoms with Crippen molar-refractivity contribution < 1.29 is 4.79 Å². The summed E-state index contributed by atoms with van der Waals surface area (Å²) >= 11 is 12.8. The number of imidazole rings is 1. The molecule has 7 heteroatoms. The summed E-state index contributed by atoms with van der Waals surface area (Å²) in [5.74, 6) is 0.446. The summed E-state index contributed by atoms with van der Waals surface area (Å²) in [6, 6.07) is 22.1. The van der Waals surface area contributed by atoms with Crippen LogP contribution < -0.4 is 10.6 Å². The molecular formula is C24H18Cl2N4O. The summed E-state index contributed by atoms with van der Waals surface area (Å²) in [6.45, 7) is 1.87. The summed E-state index contributed by atoms with van der Waals surface area (Å²) in [5.41, 5.74) is 4.50. The second-order valence-corrected chi connectivity index (χ2v) is 8.19. The molecular weight excluding hydrogens is 431 g/mol. The number of hydrogen-bond acceptors (Lipinski definition) is 3. The summed E-state index contributed by atoms with van der Waals surface area (Å²) in [5, 5.41) is 7.33. The van der Waals surface area contributed by atoms with Crippen LogP contribution in [0.15, 0.2) is 84.1 Å². The number of allylic oxidation sites excluding steroid dienone is 1. The maximum absolute atomic E-state index is 13.5. The fraction of sp³-hybridized carbons (Fsp3) is 0.0833. The molecule has 0 bridgehead atoms. The van der Waals surface area contributed by atoms with Gasteiger partial charge in [0.25, 0.3) is 5.91 Å². The van der Waals surface area contributed by atoms with Crippen molar-refractivity contribution in [2.75, 3.05) is 10.6 Å². The number of hydrogen-bond donors (Lipinski definition) is 2. The Morgan fingerprint density at radius 2 is 1.77 bits per heavy atom. The number of carbonyl (C=O) groups is 1. The number of halogens is 2. The minimum Gasteiger partial charge on any atom is -0.329 e. The first-order chi connectivity index (χ1) is 15.0. The number of aromatic nitrogens is 2. The third-order valence-electron chi connectivity index (χ3n) is 5.36. The van der Waals surface area contributed by atoms with E-state index in [0.29, 0.717) is 27.3 Å².